The van der Waals surface area contributed by atoms with E-state index < -0.39 is 17.6 Å². The zero-order valence-corrected chi connectivity index (χ0v) is 16.2. The molecule has 1 unspecified atom stereocenters. The van der Waals surface area contributed by atoms with Crippen molar-refractivity contribution in [1.29, 1.82) is 0 Å². The van der Waals surface area contributed by atoms with Crippen LogP contribution in [-0.2, 0) is 4.79 Å². The van der Waals surface area contributed by atoms with Crippen LogP contribution in [0.1, 0.15) is 31.4 Å². The summed E-state index contributed by atoms with van der Waals surface area (Å²) >= 11 is 0. The molecule has 1 aliphatic carbocycles. The van der Waals surface area contributed by atoms with Crippen LogP contribution in [0, 0.1) is 30.4 Å². The molecule has 1 aliphatic heterocycles. The third kappa shape index (κ3) is 4.63. The minimum Gasteiger partial charge on any atom is -0.481 e. The molecule has 0 bridgehead atoms. The number of aromatic nitrogens is 2. The van der Waals surface area contributed by atoms with Gasteiger partial charge >= 0.3 is 5.97 Å². The van der Waals surface area contributed by atoms with Crippen molar-refractivity contribution in [2.45, 2.75) is 32.6 Å². The third-order valence-corrected chi connectivity index (χ3v) is 5.34. The van der Waals surface area contributed by atoms with Crippen LogP contribution in [0.15, 0.2) is 18.2 Å². The highest BCUT2D eigenvalue weighted by atomic mass is 19.1. The summed E-state index contributed by atoms with van der Waals surface area (Å²) < 4.78 is 35.3. The second-order valence-corrected chi connectivity index (χ2v) is 7.91. The van der Waals surface area contributed by atoms with Gasteiger partial charge in [-0.3, -0.25) is 4.79 Å². The maximum absolute atomic E-state index is 14.8. The molecule has 0 amide bonds. The molecule has 2 aromatic rings. The van der Waals surface area contributed by atoms with E-state index in [1.807, 2.05) is 0 Å². The van der Waals surface area contributed by atoms with E-state index in [0.29, 0.717) is 43.6 Å². The van der Waals surface area contributed by atoms with Crippen LogP contribution in [0.2, 0.25) is 0 Å². The number of aliphatic carboxylic acids is 1. The Morgan fingerprint density at radius 3 is 2.55 bits per heavy atom. The molecule has 1 aromatic carbocycles. The average Bonchev–Trinajstić information content (AvgIpc) is 3.37. The van der Waals surface area contributed by atoms with Crippen molar-refractivity contribution >= 4 is 11.7 Å². The van der Waals surface area contributed by atoms with E-state index in [4.69, 9.17) is 9.84 Å². The zero-order valence-electron chi connectivity index (χ0n) is 16.2. The minimum atomic E-state index is -0.899. The molecule has 1 atom stereocenters. The first-order valence-corrected chi connectivity index (χ1v) is 9.83. The molecule has 2 fully saturated rings. The quantitative estimate of drug-likeness (QED) is 0.758. The fourth-order valence-electron chi connectivity index (χ4n) is 3.68. The largest absolute Gasteiger partial charge is 0.481 e. The number of nitrogens with zero attached hydrogens (tertiary/aromatic N) is 3. The lowest BCUT2D eigenvalue weighted by Crippen LogP contribution is -2.23. The van der Waals surface area contributed by atoms with E-state index in [2.05, 4.69) is 9.97 Å². The number of carboxylic acid groups (broad SMARTS) is 1. The summed E-state index contributed by atoms with van der Waals surface area (Å²) in [5, 5.41) is 8.93. The van der Waals surface area contributed by atoms with Gasteiger partial charge in [0.15, 0.2) is 5.82 Å². The summed E-state index contributed by atoms with van der Waals surface area (Å²) in [6, 6.07) is 4.16. The number of ether oxygens (including phenoxy) is 1. The van der Waals surface area contributed by atoms with Crippen LogP contribution in [0.5, 0.6) is 5.88 Å². The van der Waals surface area contributed by atoms with Crippen molar-refractivity contribution in [3.8, 4) is 17.3 Å². The number of halogens is 2. The Bertz CT molecular complexity index is 910. The van der Waals surface area contributed by atoms with Gasteiger partial charge in [-0.05, 0) is 50.2 Å². The number of benzene rings is 1. The van der Waals surface area contributed by atoms with Crippen LogP contribution in [0.4, 0.5) is 14.5 Å². The lowest BCUT2D eigenvalue weighted by Gasteiger charge is -2.20. The lowest BCUT2D eigenvalue weighted by atomic mass is 10.1. The molecular formula is C21H23F2N3O3. The molecular weight excluding hydrogens is 380 g/mol. The number of carbonyl (C=O) groups is 1. The Morgan fingerprint density at radius 2 is 1.90 bits per heavy atom. The molecule has 0 radical (unpaired) electrons. The first kappa shape index (κ1) is 19.5. The van der Waals surface area contributed by atoms with Crippen molar-refractivity contribution < 1.29 is 23.4 Å². The van der Waals surface area contributed by atoms with Crippen LogP contribution < -0.4 is 9.64 Å². The Kier molecular flexibility index (Phi) is 5.34. The zero-order chi connectivity index (χ0) is 20.5. The van der Waals surface area contributed by atoms with E-state index in [1.165, 1.54) is 12.1 Å². The summed E-state index contributed by atoms with van der Waals surface area (Å²) in [7, 11) is 0. The van der Waals surface area contributed by atoms with Gasteiger partial charge in [0.1, 0.15) is 17.3 Å². The standard InChI is InChI=1S/C21H23F2N3O3/c1-12-6-18(29-11-13-2-3-13)25-21(24-12)15-8-16(22)20(17(23)9-15)26-5-4-14(10-26)7-19(27)28/h6,8-9,13-14H,2-5,7,10-11H2,1H3,(H,27,28). The Hall–Kier alpha value is -2.77. The summed E-state index contributed by atoms with van der Waals surface area (Å²) in [5.41, 5.74) is 0.770. The average molecular weight is 403 g/mol. The number of carboxylic acids is 1. The molecule has 8 heteroatoms. The minimum absolute atomic E-state index is 0.00140. The topological polar surface area (TPSA) is 75.5 Å². The first-order chi connectivity index (χ1) is 13.9. The molecule has 4 rings (SSSR count). The van der Waals surface area contributed by atoms with E-state index in [0.717, 1.165) is 12.8 Å². The molecule has 154 valence electrons. The van der Waals surface area contributed by atoms with Gasteiger partial charge in [-0.2, -0.15) is 4.98 Å². The van der Waals surface area contributed by atoms with E-state index in [-0.39, 0.29) is 29.4 Å². The van der Waals surface area contributed by atoms with Crippen molar-refractivity contribution in [1.82, 2.24) is 9.97 Å². The molecule has 2 heterocycles. The highest BCUT2D eigenvalue weighted by molar-refractivity contribution is 5.67. The van der Waals surface area contributed by atoms with Gasteiger partial charge in [0.25, 0.3) is 0 Å². The SMILES string of the molecule is Cc1cc(OCC2CC2)nc(-c2cc(F)c(N3CCC(CC(=O)O)C3)c(F)c2)n1. The molecule has 1 saturated heterocycles. The maximum atomic E-state index is 14.8. The highest BCUT2D eigenvalue weighted by Gasteiger charge is 2.29. The van der Waals surface area contributed by atoms with Crippen LogP contribution in [0.3, 0.4) is 0 Å². The Balaban J connectivity index is 1.56. The Morgan fingerprint density at radius 1 is 1.17 bits per heavy atom. The fourth-order valence-corrected chi connectivity index (χ4v) is 3.68. The summed E-state index contributed by atoms with van der Waals surface area (Å²) in [6.45, 7) is 3.11. The van der Waals surface area contributed by atoms with Crippen LogP contribution >= 0.6 is 0 Å². The number of hydrogen-bond acceptors (Lipinski definition) is 5. The van der Waals surface area contributed by atoms with Crippen molar-refractivity contribution in [2.75, 3.05) is 24.6 Å². The van der Waals surface area contributed by atoms with Crippen molar-refractivity contribution in [3.05, 3.63) is 35.5 Å². The molecule has 0 spiro atoms. The first-order valence-electron chi connectivity index (χ1n) is 9.83. The van der Waals surface area contributed by atoms with Gasteiger partial charge in [-0.25, -0.2) is 13.8 Å². The van der Waals surface area contributed by atoms with Crippen LogP contribution in [-0.4, -0.2) is 40.7 Å². The van der Waals surface area contributed by atoms with Crippen molar-refractivity contribution in [3.63, 3.8) is 0 Å². The summed E-state index contributed by atoms with van der Waals surface area (Å²) in [5.74, 6) is -1.25. The van der Waals surface area contributed by atoms with Gasteiger partial charge in [0.2, 0.25) is 5.88 Å². The number of hydrogen-bond donors (Lipinski definition) is 1. The molecule has 2 aliphatic rings. The molecule has 1 N–H and O–H groups in total. The van der Waals surface area contributed by atoms with Crippen molar-refractivity contribution in [2.24, 2.45) is 11.8 Å². The Labute approximate surface area is 167 Å². The second kappa shape index (κ2) is 7.93. The van der Waals surface area contributed by atoms with Gasteiger partial charge < -0.3 is 14.7 Å². The molecule has 1 aromatic heterocycles. The molecule has 6 nitrogen and oxygen atoms in total. The normalized spacial score (nSPS) is 18.9. The van der Waals surface area contributed by atoms with Crippen LogP contribution in [0.25, 0.3) is 11.4 Å². The smallest absolute Gasteiger partial charge is 0.303 e. The monoisotopic (exact) mass is 403 g/mol. The second-order valence-electron chi connectivity index (χ2n) is 7.91. The highest BCUT2D eigenvalue weighted by Crippen LogP contribution is 2.34. The number of rotatable bonds is 7. The summed E-state index contributed by atoms with van der Waals surface area (Å²) in [4.78, 5) is 21.1. The van der Waals surface area contributed by atoms with Gasteiger partial charge in [-0.15, -0.1) is 0 Å². The number of anilines is 1. The maximum Gasteiger partial charge on any atom is 0.303 e. The van der Waals surface area contributed by atoms with Gasteiger partial charge in [0, 0.05) is 36.8 Å². The predicted molar refractivity (Wildman–Crippen MR) is 103 cm³/mol. The molecule has 29 heavy (non-hydrogen) atoms. The number of aryl methyl sites for hydroxylation is 1. The molecule has 1 saturated carbocycles. The van der Waals surface area contributed by atoms with E-state index in [9.17, 15) is 13.6 Å². The van der Waals surface area contributed by atoms with Gasteiger partial charge in [-0.1, -0.05) is 0 Å². The lowest BCUT2D eigenvalue weighted by molar-refractivity contribution is -0.137. The fraction of sp³-hybridized carbons (Fsp3) is 0.476. The van der Waals surface area contributed by atoms with E-state index >= 15 is 0 Å². The predicted octanol–water partition coefficient (Wildman–Crippen LogP) is 3.82. The van der Waals surface area contributed by atoms with E-state index in [1.54, 1.807) is 17.9 Å². The summed E-state index contributed by atoms with van der Waals surface area (Å²) in [6.07, 6.45) is 2.89. The third-order valence-electron chi connectivity index (χ3n) is 5.34. The van der Waals surface area contributed by atoms with Gasteiger partial charge in [0.05, 0.1) is 6.61 Å².